The molecule has 0 bridgehead atoms. The van der Waals surface area contributed by atoms with Gasteiger partial charge in [-0.2, -0.15) is 0 Å². The Kier molecular flexibility index (Phi) is 2.65. The van der Waals surface area contributed by atoms with E-state index < -0.39 is 6.10 Å². The van der Waals surface area contributed by atoms with E-state index in [9.17, 15) is 10.2 Å². The van der Waals surface area contributed by atoms with Crippen molar-refractivity contribution in [1.82, 2.24) is 0 Å². The summed E-state index contributed by atoms with van der Waals surface area (Å²) in [4.78, 5) is 0. The van der Waals surface area contributed by atoms with Gasteiger partial charge in [0.1, 0.15) is 5.75 Å². The first-order chi connectivity index (χ1) is 7.15. The average Bonchev–Trinajstić information content (AvgIpc) is 2.23. The van der Waals surface area contributed by atoms with Crippen LogP contribution in [0.25, 0.3) is 0 Å². The summed E-state index contributed by atoms with van der Waals surface area (Å²) >= 11 is 0. The van der Waals surface area contributed by atoms with Gasteiger partial charge in [0.05, 0.1) is 12.7 Å². The van der Waals surface area contributed by atoms with Crippen LogP contribution in [0.1, 0.15) is 29.2 Å². The first kappa shape index (κ1) is 10.4. The number of hydrogen-bond acceptors (Lipinski definition) is 4. The highest BCUT2D eigenvalue weighted by Crippen LogP contribution is 2.34. The van der Waals surface area contributed by atoms with Gasteiger partial charge in [0.15, 0.2) is 0 Å². The van der Waals surface area contributed by atoms with Gasteiger partial charge in [0, 0.05) is 11.6 Å². The molecule has 0 saturated heterocycles. The molecule has 0 unspecified atom stereocenters. The smallest absolute Gasteiger partial charge is 0.121 e. The van der Waals surface area contributed by atoms with Gasteiger partial charge in [-0.25, -0.2) is 0 Å². The molecular formula is C11H15NO3. The van der Waals surface area contributed by atoms with Crippen LogP contribution in [0.5, 0.6) is 5.75 Å². The van der Waals surface area contributed by atoms with Crippen molar-refractivity contribution >= 4 is 0 Å². The number of rotatable bonds is 1. The third-order valence-electron chi connectivity index (χ3n) is 3.05. The van der Waals surface area contributed by atoms with Crippen LogP contribution in [0.3, 0.4) is 0 Å². The van der Waals surface area contributed by atoms with Crippen molar-refractivity contribution in [2.24, 2.45) is 5.73 Å². The fourth-order valence-corrected chi connectivity index (χ4v) is 2.15. The van der Waals surface area contributed by atoms with E-state index in [-0.39, 0.29) is 18.4 Å². The molecule has 0 spiro atoms. The molecule has 0 aliphatic heterocycles. The van der Waals surface area contributed by atoms with Crippen molar-refractivity contribution in [3.63, 3.8) is 0 Å². The van der Waals surface area contributed by atoms with E-state index in [1.165, 1.54) is 6.07 Å². The Morgan fingerprint density at radius 2 is 2.13 bits per heavy atom. The quantitative estimate of drug-likeness (QED) is 0.532. The molecule has 5 N–H and O–H groups in total. The molecule has 0 radical (unpaired) electrons. The summed E-state index contributed by atoms with van der Waals surface area (Å²) < 4.78 is 0. The van der Waals surface area contributed by atoms with Gasteiger partial charge in [-0.05, 0) is 30.0 Å². The van der Waals surface area contributed by atoms with Gasteiger partial charge >= 0.3 is 0 Å². The van der Waals surface area contributed by atoms with Crippen molar-refractivity contribution < 1.29 is 15.3 Å². The second kappa shape index (κ2) is 3.81. The first-order valence-corrected chi connectivity index (χ1v) is 5.03. The number of phenols is 1. The molecule has 4 nitrogen and oxygen atoms in total. The van der Waals surface area contributed by atoms with E-state index in [2.05, 4.69) is 0 Å². The van der Waals surface area contributed by atoms with Crippen LogP contribution < -0.4 is 5.73 Å². The number of benzene rings is 1. The second-order valence-electron chi connectivity index (χ2n) is 3.94. The predicted octanol–water partition coefficient (Wildman–Crippen LogP) is 0.191. The summed E-state index contributed by atoms with van der Waals surface area (Å²) in [6.07, 6.45) is 0.669. The Morgan fingerprint density at radius 1 is 1.40 bits per heavy atom. The van der Waals surface area contributed by atoms with E-state index in [1.54, 1.807) is 6.07 Å². The van der Waals surface area contributed by atoms with Gasteiger partial charge in [-0.3, -0.25) is 0 Å². The third-order valence-corrected chi connectivity index (χ3v) is 3.05. The maximum Gasteiger partial charge on any atom is 0.121 e. The molecule has 1 aromatic carbocycles. The van der Waals surface area contributed by atoms with Gasteiger partial charge in [-0.1, -0.05) is 6.07 Å². The fourth-order valence-electron chi connectivity index (χ4n) is 2.15. The molecule has 1 aliphatic rings. The average molecular weight is 209 g/mol. The van der Waals surface area contributed by atoms with Crippen molar-refractivity contribution in [2.75, 3.05) is 0 Å². The van der Waals surface area contributed by atoms with E-state index >= 15 is 0 Å². The summed E-state index contributed by atoms with van der Waals surface area (Å²) in [5.41, 5.74) is 7.83. The van der Waals surface area contributed by atoms with Crippen molar-refractivity contribution in [2.45, 2.75) is 31.6 Å². The summed E-state index contributed by atoms with van der Waals surface area (Å²) in [5.74, 6) is 0.0823. The van der Waals surface area contributed by atoms with Crippen LogP contribution in [0.15, 0.2) is 12.1 Å². The number of hydrogen-bond donors (Lipinski definition) is 4. The summed E-state index contributed by atoms with van der Waals surface area (Å²) in [6, 6.07) is 2.91. The molecule has 82 valence electrons. The zero-order valence-corrected chi connectivity index (χ0v) is 8.35. The lowest BCUT2D eigenvalue weighted by Crippen LogP contribution is -2.33. The van der Waals surface area contributed by atoms with E-state index in [1.807, 2.05) is 0 Å². The molecule has 0 saturated carbocycles. The van der Waals surface area contributed by atoms with E-state index in [4.69, 9.17) is 10.8 Å². The Balaban J connectivity index is 2.53. The molecule has 1 aromatic rings. The topological polar surface area (TPSA) is 86.7 Å². The van der Waals surface area contributed by atoms with Crippen LogP contribution in [-0.4, -0.2) is 21.4 Å². The van der Waals surface area contributed by atoms with Gasteiger partial charge in [-0.15, -0.1) is 0 Å². The maximum absolute atomic E-state index is 9.85. The standard InChI is InChI=1S/C11H15NO3/c12-9-3-1-6-7(11(9)15)2-4-10(14)8(6)5-13/h2,4,9,11,13-15H,1,3,5,12H2/t9-,11-/m1/s1. The molecule has 0 aromatic heterocycles. The molecule has 4 heteroatoms. The second-order valence-corrected chi connectivity index (χ2v) is 3.94. The van der Waals surface area contributed by atoms with Gasteiger partial charge in [0.25, 0.3) is 0 Å². The van der Waals surface area contributed by atoms with E-state index in [0.29, 0.717) is 18.4 Å². The third kappa shape index (κ3) is 1.61. The lowest BCUT2D eigenvalue weighted by Gasteiger charge is -2.28. The highest BCUT2D eigenvalue weighted by molar-refractivity contribution is 5.46. The highest BCUT2D eigenvalue weighted by atomic mass is 16.3. The molecule has 2 rings (SSSR count). The Hall–Kier alpha value is -1.10. The maximum atomic E-state index is 9.85. The SMILES string of the molecule is N[C@@H]1CCc2c(ccc(O)c2CO)[C@H]1O. The molecule has 2 atom stereocenters. The van der Waals surface area contributed by atoms with Crippen LogP contribution in [0.4, 0.5) is 0 Å². The molecule has 0 amide bonds. The van der Waals surface area contributed by atoms with Crippen LogP contribution in [0, 0.1) is 0 Å². The lowest BCUT2D eigenvalue weighted by molar-refractivity contribution is 0.133. The Morgan fingerprint density at radius 3 is 2.80 bits per heavy atom. The zero-order chi connectivity index (χ0) is 11.0. The monoisotopic (exact) mass is 209 g/mol. The van der Waals surface area contributed by atoms with Crippen molar-refractivity contribution in [1.29, 1.82) is 0 Å². The number of aliphatic hydroxyl groups is 2. The van der Waals surface area contributed by atoms with E-state index in [0.717, 1.165) is 11.1 Å². The number of fused-ring (bicyclic) bond motifs is 1. The minimum absolute atomic E-state index is 0.0823. The summed E-state index contributed by atoms with van der Waals surface area (Å²) in [5, 5.41) is 28.6. The molecule has 0 fully saturated rings. The predicted molar refractivity (Wildman–Crippen MR) is 55.3 cm³/mol. The normalized spacial score (nSPS) is 25.0. The molecule has 0 heterocycles. The summed E-state index contributed by atoms with van der Waals surface area (Å²) in [7, 11) is 0. The van der Waals surface area contributed by atoms with Crippen LogP contribution >= 0.6 is 0 Å². The summed E-state index contributed by atoms with van der Waals surface area (Å²) in [6.45, 7) is -0.211. The number of aromatic hydroxyl groups is 1. The lowest BCUT2D eigenvalue weighted by atomic mass is 9.83. The fraction of sp³-hybridized carbons (Fsp3) is 0.455. The van der Waals surface area contributed by atoms with Crippen LogP contribution in [0.2, 0.25) is 0 Å². The zero-order valence-electron chi connectivity index (χ0n) is 8.35. The molecule has 1 aliphatic carbocycles. The Labute approximate surface area is 88.0 Å². The van der Waals surface area contributed by atoms with Gasteiger partial charge < -0.3 is 21.1 Å². The molecular weight excluding hydrogens is 194 g/mol. The van der Waals surface area contributed by atoms with Gasteiger partial charge in [0.2, 0.25) is 0 Å². The van der Waals surface area contributed by atoms with Crippen molar-refractivity contribution in [3.05, 3.63) is 28.8 Å². The van der Waals surface area contributed by atoms with Crippen LogP contribution in [-0.2, 0) is 13.0 Å². The minimum atomic E-state index is -0.695. The molecule has 15 heavy (non-hydrogen) atoms. The minimum Gasteiger partial charge on any atom is -0.508 e. The largest absolute Gasteiger partial charge is 0.508 e. The number of aliphatic hydroxyl groups excluding tert-OH is 2. The Bertz CT molecular complexity index is 378. The number of nitrogens with two attached hydrogens (primary N) is 1. The van der Waals surface area contributed by atoms with Crippen molar-refractivity contribution in [3.8, 4) is 5.75 Å². The first-order valence-electron chi connectivity index (χ1n) is 5.03. The highest BCUT2D eigenvalue weighted by Gasteiger charge is 2.27.